The monoisotopic (exact) mass is 304 g/mol. The number of thiophene rings is 1. The Balaban J connectivity index is 2.77. The van der Waals surface area contributed by atoms with Gasteiger partial charge in [0.15, 0.2) is 0 Å². The van der Waals surface area contributed by atoms with E-state index >= 15 is 0 Å². The van der Waals surface area contributed by atoms with Gasteiger partial charge in [-0.05, 0) is 12.5 Å². The lowest BCUT2D eigenvalue weighted by Crippen LogP contribution is -2.27. The van der Waals surface area contributed by atoms with Crippen molar-refractivity contribution in [3.05, 3.63) is 21.4 Å². The van der Waals surface area contributed by atoms with Crippen LogP contribution in [0.25, 0.3) is 0 Å². The van der Waals surface area contributed by atoms with Crippen LogP contribution < -0.4 is 10.6 Å². The van der Waals surface area contributed by atoms with Crippen molar-refractivity contribution in [3.63, 3.8) is 0 Å². The van der Waals surface area contributed by atoms with Gasteiger partial charge in [0.2, 0.25) is 0 Å². The van der Waals surface area contributed by atoms with Crippen molar-refractivity contribution in [2.45, 2.75) is 6.92 Å². The van der Waals surface area contributed by atoms with E-state index in [-0.39, 0.29) is 11.8 Å². The van der Waals surface area contributed by atoms with E-state index in [4.69, 9.17) is 0 Å². The Labute approximate surface area is 121 Å². The van der Waals surface area contributed by atoms with Crippen LogP contribution in [0.1, 0.15) is 25.6 Å². The molecule has 4 nitrogen and oxygen atoms in total. The van der Waals surface area contributed by atoms with Crippen LogP contribution in [-0.2, 0) is 0 Å². The van der Waals surface area contributed by atoms with Gasteiger partial charge in [0.05, 0.1) is 10.4 Å². The third kappa shape index (κ3) is 3.93. The average molecular weight is 304 g/mol. The Morgan fingerprint density at radius 3 is 2.28 bits per heavy atom. The van der Waals surface area contributed by atoms with Gasteiger partial charge in [-0.3, -0.25) is 9.59 Å². The fraction of sp³-hybridized carbons (Fsp3) is 0.455. The summed E-state index contributed by atoms with van der Waals surface area (Å²) < 4.78 is 0. The average Bonchev–Trinajstić information content (AvgIpc) is 2.75. The summed E-state index contributed by atoms with van der Waals surface area (Å²) in [4.78, 5) is 24.2. The molecule has 1 aromatic rings. The van der Waals surface area contributed by atoms with E-state index in [0.717, 1.165) is 0 Å². The second-order valence-electron chi connectivity index (χ2n) is 3.56. The minimum atomic E-state index is -0.161. The third-order valence-electron chi connectivity index (χ3n) is 2.28. The molecule has 18 heavy (non-hydrogen) atoms. The number of rotatable bonds is 6. The Hall–Kier alpha value is -0.660. The molecule has 0 aliphatic heterocycles. The van der Waals surface area contributed by atoms with Gasteiger partial charge >= 0.3 is 0 Å². The maximum Gasteiger partial charge on any atom is 0.261 e. The molecule has 0 aliphatic carbocycles. The van der Waals surface area contributed by atoms with Crippen LogP contribution in [-0.4, -0.2) is 36.4 Å². The van der Waals surface area contributed by atoms with E-state index in [1.807, 2.05) is 0 Å². The molecule has 0 aliphatic rings. The van der Waals surface area contributed by atoms with Crippen molar-refractivity contribution in [2.75, 3.05) is 24.6 Å². The van der Waals surface area contributed by atoms with Gasteiger partial charge in [0.25, 0.3) is 11.8 Å². The highest BCUT2D eigenvalue weighted by molar-refractivity contribution is 7.80. The molecule has 0 fully saturated rings. The molecule has 0 atom stereocenters. The van der Waals surface area contributed by atoms with Gasteiger partial charge < -0.3 is 10.6 Å². The molecule has 1 aromatic heterocycles. The molecule has 0 saturated carbocycles. The number of amides is 2. The largest absolute Gasteiger partial charge is 0.351 e. The molecular formula is C11H16N2O2S3. The van der Waals surface area contributed by atoms with Gasteiger partial charge in [0.1, 0.15) is 0 Å². The first-order valence-electron chi connectivity index (χ1n) is 5.48. The predicted molar refractivity (Wildman–Crippen MR) is 81.4 cm³/mol. The van der Waals surface area contributed by atoms with E-state index < -0.39 is 0 Å². The number of carbonyl (C=O) groups is 2. The van der Waals surface area contributed by atoms with Crippen molar-refractivity contribution < 1.29 is 9.59 Å². The van der Waals surface area contributed by atoms with Crippen molar-refractivity contribution in [1.82, 2.24) is 10.6 Å². The Kier molecular flexibility index (Phi) is 6.59. The second kappa shape index (κ2) is 7.70. The maximum atomic E-state index is 11.8. The van der Waals surface area contributed by atoms with Crippen LogP contribution in [0, 0.1) is 6.92 Å². The van der Waals surface area contributed by atoms with Crippen molar-refractivity contribution >= 4 is 48.4 Å². The normalized spacial score (nSPS) is 10.2. The fourth-order valence-electron chi connectivity index (χ4n) is 1.38. The summed E-state index contributed by atoms with van der Waals surface area (Å²) in [6.07, 6.45) is 0. The summed E-state index contributed by atoms with van der Waals surface area (Å²) >= 11 is 9.33. The SMILES string of the molecule is Cc1c(C(=O)NCCS)csc1C(=O)NCCS. The predicted octanol–water partition coefficient (Wildman–Crippen LogP) is 1.38. The molecule has 0 radical (unpaired) electrons. The molecule has 7 heteroatoms. The molecule has 1 rings (SSSR count). The summed E-state index contributed by atoms with van der Waals surface area (Å²) in [5.41, 5.74) is 1.27. The molecule has 2 amide bonds. The summed E-state index contributed by atoms with van der Waals surface area (Å²) in [7, 11) is 0. The highest BCUT2D eigenvalue weighted by Gasteiger charge is 2.18. The second-order valence-corrected chi connectivity index (χ2v) is 5.34. The van der Waals surface area contributed by atoms with E-state index in [2.05, 4.69) is 35.9 Å². The van der Waals surface area contributed by atoms with Crippen LogP contribution in [0.15, 0.2) is 5.38 Å². The summed E-state index contributed by atoms with van der Waals surface area (Å²) in [6.45, 7) is 2.81. The molecule has 0 spiro atoms. The summed E-state index contributed by atoms with van der Waals surface area (Å²) in [5, 5.41) is 7.18. The number of thiol groups is 2. The quantitative estimate of drug-likeness (QED) is 0.600. The fourth-order valence-corrected chi connectivity index (χ4v) is 2.59. The zero-order valence-corrected chi connectivity index (χ0v) is 12.6. The molecule has 0 unspecified atom stereocenters. The molecule has 0 bridgehead atoms. The third-order valence-corrected chi connectivity index (χ3v) is 3.81. The Morgan fingerprint density at radius 1 is 1.17 bits per heavy atom. The van der Waals surface area contributed by atoms with Gasteiger partial charge in [-0.15, -0.1) is 11.3 Å². The Morgan fingerprint density at radius 2 is 1.72 bits per heavy atom. The molecule has 0 aromatic carbocycles. The zero-order valence-electron chi connectivity index (χ0n) is 10.0. The van der Waals surface area contributed by atoms with Crippen molar-refractivity contribution in [3.8, 4) is 0 Å². The minimum Gasteiger partial charge on any atom is -0.351 e. The number of hydrogen-bond acceptors (Lipinski definition) is 5. The Bertz CT molecular complexity index is 394. The molecule has 100 valence electrons. The maximum absolute atomic E-state index is 11.8. The zero-order chi connectivity index (χ0) is 13.5. The van der Waals surface area contributed by atoms with Crippen LogP contribution in [0.5, 0.6) is 0 Å². The van der Waals surface area contributed by atoms with Crippen LogP contribution >= 0.6 is 36.6 Å². The lowest BCUT2D eigenvalue weighted by atomic mass is 10.1. The van der Waals surface area contributed by atoms with Gasteiger partial charge in [-0.25, -0.2) is 0 Å². The lowest BCUT2D eigenvalue weighted by Gasteiger charge is -2.04. The molecular weight excluding hydrogens is 288 g/mol. The molecule has 2 N–H and O–H groups in total. The lowest BCUT2D eigenvalue weighted by molar-refractivity contribution is 0.0955. The van der Waals surface area contributed by atoms with Crippen LogP contribution in [0.3, 0.4) is 0 Å². The van der Waals surface area contributed by atoms with Gasteiger partial charge in [0, 0.05) is 30.0 Å². The van der Waals surface area contributed by atoms with Crippen molar-refractivity contribution in [2.24, 2.45) is 0 Å². The number of carbonyl (C=O) groups excluding carboxylic acids is 2. The van der Waals surface area contributed by atoms with E-state index in [0.29, 0.717) is 40.6 Å². The summed E-state index contributed by atoms with van der Waals surface area (Å²) in [5.74, 6) is 0.862. The number of hydrogen-bond donors (Lipinski definition) is 4. The first kappa shape index (κ1) is 15.4. The first-order chi connectivity index (χ1) is 8.61. The van der Waals surface area contributed by atoms with Gasteiger partial charge in [-0.2, -0.15) is 25.3 Å². The first-order valence-corrected chi connectivity index (χ1v) is 7.62. The van der Waals surface area contributed by atoms with Crippen molar-refractivity contribution in [1.29, 1.82) is 0 Å². The van der Waals surface area contributed by atoms with E-state index in [9.17, 15) is 9.59 Å². The summed E-state index contributed by atoms with van der Waals surface area (Å²) in [6, 6.07) is 0. The van der Waals surface area contributed by atoms with Gasteiger partial charge in [-0.1, -0.05) is 0 Å². The molecule has 0 saturated heterocycles. The smallest absolute Gasteiger partial charge is 0.261 e. The standard InChI is InChI=1S/C11H16N2O2S3/c1-7-8(10(14)12-2-4-16)6-18-9(7)11(15)13-3-5-17/h6,16-17H,2-5H2,1H3,(H,12,14)(H,13,15). The van der Waals surface area contributed by atoms with Crippen LogP contribution in [0.2, 0.25) is 0 Å². The highest BCUT2D eigenvalue weighted by Crippen LogP contribution is 2.21. The van der Waals surface area contributed by atoms with E-state index in [1.165, 1.54) is 11.3 Å². The molecule has 1 heterocycles. The highest BCUT2D eigenvalue weighted by atomic mass is 32.1. The topological polar surface area (TPSA) is 58.2 Å². The number of nitrogens with one attached hydrogen (secondary N) is 2. The van der Waals surface area contributed by atoms with E-state index in [1.54, 1.807) is 12.3 Å². The minimum absolute atomic E-state index is 0.153. The van der Waals surface area contributed by atoms with Crippen LogP contribution in [0.4, 0.5) is 0 Å².